The van der Waals surface area contributed by atoms with E-state index in [1.165, 1.54) is 12.3 Å². The van der Waals surface area contributed by atoms with Gasteiger partial charge in [0.2, 0.25) is 0 Å². The summed E-state index contributed by atoms with van der Waals surface area (Å²) in [7, 11) is 0. The van der Waals surface area contributed by atoms with Crippen LogP contribution >= 0.6 is 31.9 Å². The van der Waals surface area contributed by atoms with Crippen molar-refractivity contribution >= 4 is 67.2 Å². The van der Waals surface area contributed by atoms with Gasteiger partial charge in [-0.3, -0.25) is 14.4 Å². The Hall–Kier alpha value is -3.30. The molecule has 156 valence electrons. The van der Waals surface area contributed by atoms with E-state index >= 15 is 0 Å². The zero-order valence-electron chi connectivity index (χ0n) is 15.9. The summed E-state index contributed by atoms with van der Waals surface area (Å²) in [4.78, 5) is 36.9. The van der Waals surface area contributed by atoms with Crippen molar-refractivity contribution in [2.75, 3.05) is 10.6 Å². The molecule has 3 rings (SSSR count). The van der Waals surface area contributed by atoms with E-state index in [4.69, 9.17) is 0 Å². The fraction of sp³-hybridized carbons (Fsp3) is 0. The van der Waals surface area contributed by atoms with Gasteiger partial charge in [-0.25, -0.2) is 5.43 Å². The van der Waals surface area contributed by atoms with E-state index in [9.17, 15) is 14.4 Å². The second-order valence-corrected chi connectivity index (χ2v) is 8.05. The van der Waals surface area contributed by atoms with Gasteiger partial charge >= 0.3 is 11.8 Å². The Kier molecular flexibility index (Phi) is 7.69. The van der Waals surface area contributed by atoms with E-state index in [-0.39, 0.29) is 11.3 Å². The minimum absolute atomic E-state index is 0.202. The maximum absolute atomic E-state index is 12.6. The van der Waals surface area contributed by atoms with Crippen LogP contribution in [0.1, 0.15) is 15.9 Å². The van der Waals surface area contributed by atoms with Crippen LogP contribution in [-0.2, 0) is 9.59 Å². The summed E-state index contributed by atoms with van der Waals surface area (Å²) in [5, 5.41) is 8.97. The molecule has 0 aliphatic carbocycles. The van der Waals surface area contributed by atoms with Gasteiger partial charge < -0.3 is 10.6 Å². The summed E-state index contributed by atoms with van der Waals surface area (Å²) in [6, 6.07) is 20.7. The Morgan fingerprint density at radius 1 is 0.774 bits per heavy atom. The third-order valence-electron chi connectivity index (χ3n) is 3.96. The maximum atomic E-state index is 12.6. The van der Waals surface area contributed by atoms with Gasteiger partial charge in [0.25, 0.3) is 5.91 Å². The van der Waals surface area contributed by atoms with E-state index in [1.807, 2.05) is 12.1 Å². The van der Waals surface area contributed by atoms with Crippen LogP contribution in [0.5, 0.6) is 0 Å². The van der Waals surface area contributed by atoms with Crippen molar-refractivity contribution < 1.29 is 14.4 Å². The van der Waals surface area contributed by atoms with E-state index < -0.39 is 17.7 Å². The van der Waals surface area contributed by atoms with Gasteiger partial charge in [-0.1, -0.05) is 56.1 Å². The average molecular weight is 544 g/mol. The number of amides is 3. The van der Waals surface area contributed by atoms with Crippen molar-refractivity contribution in [2.24, 2.45) is 5.10 Å². The van der Waals surface area contributed by atoms with E-state index in [1.54, 1.807) is 54.6 Å². The first-order chi connectivity index (χ1) is 14.9. The first-order valence-corrected chi connectivity index (χ1v) is 10.6. The van der Waals surface area contributed by atoms with Crippen LogP contribution in [0.15, 0.2) is 86.8 Å². The van der Waals surface area contributed by atoms with Gasteiger partial charge in [0.1, 0.15) is 0 Å². The van der Waals surface area contributed by atoms with E-state index in [0.29, 0.717) is 5.69 Å². The largest absolute Gasteiger partial charge is 0.329 e. The molecule has 3 aromatic carbocycles. The molecule has 0 bridgehead atoms. The zero-order valence-corrected chi connectivity index (χ0v) is 19.1. The number of carbonyl (C=O) groups excluding carboxylic acids is 3. The number of hydrogen-bond acceptors (Lipinski definition) is 4. The quantitative estimate of drug-likeness (QED) is 0.250. The van der Waals surface area contributed by atoms with Crippen LogP contribution in [0.25, 0.3) is 0 Å². The molecule has 0 radical (unpaired) electrons. The number of anilines is 2. The number of hydrazone groups is 1. The second-order valence-electron chi connectivity index (χ2n) is 6.21. The van der Waals surface area contributed by atoms with Crippen molar-refractivity contribution in [1.29, 1.82) is 0 Å². The van der Waals surface area contributed by atoms with Gasteiger partial charge in [0.15, 0.2) is 0 Å². The lowest BCUT2D eigenvalue weighted by atomic mass is 10.1. The first-order valence-electron chi connectivity index (χ1n) is 8.98. The highest BCUT2D eigenvalue weighted by Gasteiger charge is 2.17. The lowest BCUT2D eigenvalue weighted by Crippen LogP contribution is -2.33. The van der Waals surface area contributed by atoms with Crippen LogP contribution in [0.4, 0.5) is 11.4 Å². The molecular weight excluding hydrogens is 528 g/mol. The molecule has 0 atom stereocenters. The molecule has 9 heteroatoms. The van der Waals surface area contributed by atoms with E-state index in [2.05, 4.69) is 53.0 Å². The molecule has 0 aromatic heterocycles. The molecule has 0 saturated carbocycles. The fourth-order valence-corrected chi connectivity index (χ4v) is 3.19. The Morgan fingerprint density at radius 2 is 1.52 bits per heavy atom. The topological polar surface area (TPSA) is 99.7 Å². The smallest absolute Gasteiger partial charge is 0.322 e. The Balaban J connectivity index is 1.63. The number of nitrogens with one attached hydrogen (secondary N) is 3. The number of hydrogen-bond donors (Lipinski definition) is 3. The number of halogens is 2. The summed E-state index contributed by atoms with van der Waals surface area (Å²) >= 11 is 6.67. The normalized spacial score (nSPS) is 10.5. The van der Waals surface area contributed by atoms with Crippen LogP contribution in [-0.4, -0.2) is 23.9 Å². The maximum Gasteiger partial charge on any atom is 0.329 e. The average Bonchev–Trinajstić information content (AvgIpc) is 2.75. The Morgan fingerprint density at radius 3 is 2.26 bits per heavy atom. The van der Waals surface area contributed by atoms with Gasteiger partial charge in [-0.2, -0.15) is 5.10 Å². The predicted octanol–water partition coefficient (Wildman–Crippen LogP) is 4.55. The van der Waals surface area contributed by atoms with Crippen LogP contribution in [0.2, 0.25) is 0 Å². The molecule has 0 saturated heterocycles. The highest BCUT2D eigenvalue weighted by molar-refractivity contribution is 9.10. The summed E-state index contributed by atoms with van der Waals surface area (Å²) in [5.74, 6) is -2.34. The van der Waals surface area contributed by atoms with Crippen LogP contribution < -0.4 is 16.1 Å². The van der Waals surface area contributed by atoms with Crippen molar-refractivity contribution in [2.45, 2.75) is 0 Å². The summed E-state index contributed by atoms with van der Waals surface area (Å²) in [6.45, 7) is 0. The Bertz CT molecular complexity index is 1150. The second kappa shape index (κ2) is 10.6. The summed E-state index contributed by atoms with van der Waals surface area (Å²) < 4.78 is 1.74. The molecule has 0 aliphatic rings. The first kappa shape index (κ1) is 22.4. The van der Waals surface area contributed by atoms with Crippen molar-refractivity contribution in [3.8, 4) is 0 Å². The van der Waals surface area contributed by atoms with Crippen LogP contribution in [0, 0.1) is 0 Å². The molecule has 0 fully saturated rings. The third kappa shape index (κ3) is 6.59. The van der Waals surface area contributed by atoms with Crippen LogP contribution in [0.3, 0.4) is 0 Å². The summed E-state index contributed by atoms with van der Waals surface area (Å²) in [6.07, 6.45) is 1.41. The van der Waals surface area contributed by atoms with Crippen molar-refractivity contribution in [3.63, 3.8) is 0 Å². The monoisotopic (exact) mass is 542 g/mol. The molecule has 7 nitrogen and oxygen atoms in total. The van der Waals surface area contributed by atoms with Gasteiger partial charge in [-0.05, 0) is 54.1 Å². The molecule has 3 N–H and O–H groups in total. The van der Waals surface area contributed by atoms with E-state index in [0.717, 1.165) is 14.5 Å². The van der Waals surface area contributed by atoms with Gasteiger partial charge in [-0.15, -0.1) is 0 Å². The molecule has 0 spiro atoms. The molecule has 0 heterocycles. The highest BCUT2D eigenvalue weighted by Crippen LogP contribution is 2.19. The Labute approximate surface area is 195 Å². The number of rotatable bonds is 5. The lowest BCUT2D eigenvalue weighted by Gasteiger charge is -2.11. The van der Waals surface area contributed by atoms with Gasteiger partial charge in [0, 0.05) is 14.6 Å². The molecule has 0 unspecified atom stereocenters. The number of nitrogens with zero attached hydrogens (tertiary/aromatic N) is 1. The van der Waals surface area contributed by atoms with Gasteiger partial charge in [0.05, 0.1) is 17.5 Å². The number of carbonyl (C=O) groups is 3. The lowest BCUT2D eigenvalue weighted by molar-refractivity contribution is -0.136. The minimum atomic E-state index is -0.964. The zero-order chi connectivity index (χ0) is 22.2. The van der Waals surface area contributed by atoms with Crippen molar-refractivity contribution in [3.05, 3.63) is 92.9 Å². The summed E-state index contributed by atoms with van der Waals surface area (Å²) in [5.41, 5.74) is 3.91. The number of para-hydroxylation sites is 1. The standard InChI is InChI=1S/C22H16Br2N4O3/c23-15-8-10-17(11-9-15)26-20(29)18-6-1-2-7-19(18)27-21(30)22(31)28-25-13-14-4-3-5-16(24)12-14/h1-13H,(H,26,29)(H,27,30)(H,28,31). The van der Waals surface area contributed by atoms with Crippen molar-refractivity contribution in [1.82, 2.24) is 5.43 Å². The fourth-order valence-electron chi connectivity index (χ4n) is 2.50. The molecule has 31 heavy (non-hydrogen) atoms. The molecule has 0 aliphatic heterocycles. The molecular formula is C22H16Br2N4O3. The minimum Gasteiger partial charge on any atom is -0.322 e. The predicted molar refractivity (Wildman–Crippen MR) is 127 cm³/mol. The number of benzene rings is 3. The molecule has 3 amide bonds. The SMILES string of the molecule is O=C(NN=Cc1cccc(Br)c1)C(=O)Nc1ccccc1C(=O)Nc1ccc(Br)cc1. The molecule has 3 aromatic rings. The highest BCUT2D eigenvalue weighted by atomic mass is 79.9. The third-order valence-corrected chi connectivity index (χ3v) is 4.98.